The summed E-state index contributed by atoms with van der Waals surface area (Å²) < 4.78 is 4.68. The van der Waals surface area contributed by atoms with Crippen LogP contribution < -0.4 is 10.2 Å². The van der Waals surface area contributed by atoms with Gasteiger partial charge in [-0.2, -0.15) is 0 Å². The van der Waals surface area contributed by atoms with E-state index in [0.29, 0.717) is 17.8 Å². The normalized spacial score (nSPS) is 21.3. The average Bonchev–Trinajstić information content (AvgIpc) is 2.87. The molecular weight excluding hydrogens is 332 g/mol. The third kappa shape index (κ3) is 4.23. The molecule has 1 aliphatic heterocycles. The van der Waals surface area contributed by atoms with Crippen molar-refractivity contribution in [3.05, 3.63) is 29.8 Å². The maximum absolute atomic E-state index is 12.6. The third-order valence-corrected chi connectivity index (χ3v) is 5.30. The molecule has 1 heterocycles. The Morgan fingerprint density at radius 3 is 2.35 bits per heavy atom. The second-order valence-electron chi connectivity index (χ2n) is 7.14. The van der Waals surface area contributed by atoms with Gasteiger partial charge in [0.2, 0.25) is 11.8 Å². The molecule has 1 aliphatic carbocycles. The molecule has 0 aromatic heterocycles. The molecule has 2 amide bonds. The summed E-state index contributed by atoms with van der Waals surface area (Å²) in [4.78, 5) is 38.1. The van der Waals surface area contributed by atoms with Crippen molar-refractivity contribution in [1.29, 1.82) is 0 Å². The zero-order valence-electron chi connectivity index (χ0n) is 15.2. The van der Waals surface area contributed by atoms with Crippen LogP contribution in [0, 0.1) is 5.92 Å². The van der Waals surface area contributed by atoms with E-state index in [0.717, 1.165) is 25.7 Å². The molecule has 3 rings (SSSR count). The van der Waals surface area contributed by atoms with Crippen molar-refractivity contribution < 1.29 is 19.1 Å². The second-order valence-corrected chi connectivity index (χ2v) is 7.14. The van der Waals surface area contributed by atoms with Crippen LogP contribution in [0.4, 0.5) is 5.69 Å². The Morgan fingerprint density at radius 1 is 1.08 bits per heavy atom. The highest BCUT2D eigenvalue weighted by molar-refractivity contribution is 6.00. The van der Waals surface area contributed by atoms with Crippen LogP contribution in [0.15, 0.2) is 24.3 Å². The molecule has 2 aliphatic rings. The van der Waals surface area contributed by atoms with Gasteiger partial charge < -0.3 is 15.0 Å². The van der Waals surface area contributed by atoms with Gasteiger partial charge in [-0.15, -0.1) is 0 Å². The van der Waals surface area contributed by atoms with Crippen LogP contribution >= 0.6 is 0 Å². The Labute approximate surface area is 153 Å². The number of anilines is 1. The van der Waals surface area contributed by atoms with E-state index in [1.807, 2.05) is 0 Å². The highest BCUT2D eigenvalue weighted by Crippen LogP contribution is 2.26. The minimum Gasteiger partial charge on any atom is -0.465 e. The van der Waals surface area contributed by atoms with Crippen LogP contribution in [0.25, 0.3) is 0 Å². The lowest BCUT2D eigenvalue weighted by Gasteiger charge is -2.20. The first-order valence-electron chi connectivity index (χ1n) is 9.37. The van der Waals surface area contributed by atoms with E-state index in [2.05, 4.69) is 10.1 Å². The molecule has 6 nitrogen and oxygen atoms in total. The van der Waals surface area contributed by atoms with Gasteiger partial charge in [-0.1, -0.05) is 25.7 Å². The third-order valence-electron chi connectivity index (χ3n) is 5.30. The van der Waals surface area contributed by atoms with Gasteiger partial charge in [-0.25, -0.2) is 4.79 Å². The lowest BCUT2D eigenvalue weighted by molar-refractivity contribution is -0.127. The number of amides is 2. The largest absolute Gasteiger partial charge is 0.465 e. The summed E-state index contributed by atoms with van der Waals surface area (Å²) >= 11 is 0. The summed E-state index contributed by atoms with van der Waals surface area (Å²) in [5.41, 5.74) is 1.14. The molecule has 0 spiro atoms. The maximum atomic E-state index is 12.6. The number of ether oxygens (including phenoxy) is 1. The first kappa shape index (κ1) is 18.4. The van der Waals surface area contributed by atoms with Gasteiger partial charge in [-0.3, -0.25) is 9.59 Å². The van der Waals surface area contributed by atoms with E-state index < -0.39 is 5.97 Å². The van der Waals surface area contributed by atoms with Crippen LogP contribution in [0.2, 0.25) is 0 Å². The number of methoxy groups -OCH3 is 1. The fourth-order valence-corrected chi connectivity index (χ4v) is 3.77. The van der Waals surface area contributed by atoms with Crippen LogP contribution in [-0.4, -0.2) is 37.5 Å². The molecule has 1 unspecified atom stereocenters. The topological polar surface area (TPSA) is 75.7 Å². The van der Waals surface area contributed by atoms with Gasteiger partial charge in [0.1, 0.15) is 0 Å². The minimum absolute atomic E-state index is 0.0149. The number of carbonyl (C=O) groups excluding carboxylic acids is 3. The van der Waals surface area contributed by atoms with E-state index >= 15 is 0 Å². The molecule has 0 bridgehead atoms. The molecule has 1 saturated carbocycles. The highest BCUT2D eigenvalue weighted by Gasteiger charge is 2.35. The molecule has 140 valence electrons. The lowest BCUT2D eigenvalue weighted by Crippen LogP contribution is -2.39. The molecule has 2 fully saturated rings. The number of nitrogens with one attached hydrogen (secondary N) is 1. The van der Waals surface area contributed by atoms with Crippen molar-refractivity contribution in [2.45, 2.75) is 51.0 Å². The summed E-state index contributed by atoms with van der Waals surface area (Å²) in [7, 11) is 1.33. The number of carbonyl (C=O) groups is 3. The van der Waals surface area contributed by atoms with E-state index in [1.165, 1.54) is 20.0 Å². The van der Waals surface area contributed by atoms with Crippen molar-refractivity contribution in [2.75, 3.05) is 18.6 Å². The molecule has 1 aromatic rings. The molecule has 1 aromatic carbocycles. The zero-order chi connectivity index (χ0) is 18.5. The van der Waals surface area contributed by atoms with E-state index in [4.69, 9.17) is 0 Å². The summed E-state index contributed by atoms with van der Waals surface area (Å²) in [6.45, 7) is 0.384. The molecule has 1 saturated heterocycles. The van der Waals surface area contributed by atoms with Crippen molar-refractivity contribution in [1.82, 2.24) is 5.32 Å². The number of nitrogens with zero attached hydrogens (tertiary/aromatic N) is 1. The Morgan fingerprint density at radius 2 is 1.73 bits per heavy atom. The number of hydrogen-bond donors (Lipinski definition) is 1. The highest BCUT2D eigenvalue weighted by atomic mass is 16.5. The van der Waals surface area contributed by atoms with Crippen molar-refractivity contribution in [3.8, 4) is 0 Å². The van der Waals surface area contributed by atoms with Crippen LogP contribution in [0.1, 0.15) is 55.3 Å². The Bertz CT molecular complexity index is 663. The Kier molecular flexibility index (Phi) is 5.91. The quantitative estimate of drug-likeness (QED) is 0.663. The predicted molar refractivity (Wildman–Crippen MR) is 97.9 cm³/mol. The molecule has 1 atom stereocenters. The summed E-state index contributed by atoms with van der Waals surface area (Å²) in [6.07, 6.45) is 7.10. The fraction of sp³-hybridized carbons (Fsp3) is 0.550. The van der Waals surface area contributed by atoms with Gasteiger partial charge in [-0.05, 0) is 37.1 Å². The zero-order valence-corrected chi connectivity index (χ0v) is 15.2. The molecule has 1 N–H and O–H groups in total. The molecular formula is C20H26N2O4. The summed E-state index contributed by atoms with van der Waals surface area (Å²) in [5.74, 6) is -0.799. The van der Waals surface area contributed by atoms with Crippen molar-refractivity contribution in [3.63, 3.8) is 0 Å². The Balaban J connectivity index is 1.60. The van der Waals surface area contributed by atoms with Crippen LogP contribution in [0.5, 0.6) is 0 Å². The number of rotatable bonds is 4. The maximum Gasteiger partial charge on any atom is 0.337 e. The number of benzene rings is 1. The molecule has 0 radical (unpaired) electrons. The van der Waals surface area contributed by atoms with E-state index in [9.17, 15) is 14.4 Å². The predicted octanol–water partition coefficient (Wildman–Crippen LogP) is 2.67. The smallest absolute Gasteiger partial charge is 0.337 e. The number of hydrogen-bond acceptors (Lipinski definition) is 4. The summed E-state index contributed by atoms with van der Waals surface area (Å²) in [6, 6.07) is 6.94. The molecule has 6 heteroatoms. The minimum atomic E-state index is -0.412. The molecule has 26 heavy (non-hydrogen) atoms. The van der Waals surface area contributed by atoms with Crippen molar-refractivity contribution >= 4 is 23.5 Å². The SMILES string of the molecule is COC(=O)c1ccc(N2CC(C(=O)NC3CCCCCC3)CC2=O)cc1. The number of esters is 1. The van der Waals surface area contributed by atoms with Crippen LogP contribution in [-0.2, 0) is 14.3 Å². The summed E-state index contributed by atoms with van der Waals surface area (Å²) in [5, 5.41) is 3.15. The van der Waals surface area contributed by atoms with E-state index in [-0.39, 0.29) is 30.2 Å². The van der Waals surface area contributed by atoms with Gasteiger partial charge in [0.05, 0.1) is 18.6 Å². The first-order valence-corrected chi connectivity index (χ1v) is 9.37. The van der Waals surface area contributed by atoms with Gasteiger partial charge >= 0.3 is 5.97 Å². The van der Waals surface area contributed by atoms with Gasteiger partial charge in [0, 0.05) is 24.7 Å². The standard InChI is InChI=1S/C20H26N2O4/c1-26-20(25)14-8-10-17(11-9-14)22-13-15(12-18(22)23)19(24)21-16-6-4-2-3-5-7-16/h8-11,15-16H,2-7,12-13H2,1H3,(H,21,24). The first-order chi connectivity index (χ1) is 12.6. The monoisotopic (exact) mass is 358 g/mol. The van der Waals surface area contributed by atoms with Crippen LogP contribution in [0.3, 0.4) is 0 Å². The fourth-order valence-electron chi connectivity index (χ4n) is 3.77. The van der Waals surface area contributed by atoms with Crippen molar-refractivity contribution in [2.24, 2.45) is 5.92 Å². The lowest BCUT2D eigenvalue weighted by atomic mass is 10.0. The van der Waals surface area contributed by atoms with Gasteiger partial charge in [0.15, 0.2) is 0 Å². The average molecular weight is 358 g/mol. The second kappa shape index (κ2) is 8.34. The van der Waals surface area contributed by atoms with E-state index in [1.54, 1.807) is 29.2 Å². The van der Waals surface area contributed by atoms with Gasteiger partial charge in [0.25, 0.3) is 0 Å². The Hall–Kier alpha value is -2.37.